The van der Waals surface area contributed by atoms with Crippen LogP contribution < -0.4 is 5.73 Å². The van der Waals surface area contributed by atoms with Crippen molar-refractivity contribution in [1.82, 2.24) is 15.1 Å². The van der Waals surface area contributed by atoms with Crippen molar-refractivity contribution in [2.75, 3.05) is 5.73 Å². The van der Waals surface area contributed by atoms with Crippen LogP contribution in [0.25, 0.3) is 22.8 Å². The van der Waals surface area contributed by atoms with Gasteiger partial charge in [-0.05, 0) is 40.2 Å². The summed E-state index contributed by atoms with van der Waals surface area (Å²) in [4.78, 5) is 8.39. The molecule has 0 spiro atoms. The summed E-state index contributed by atoms with van der Waals surface area (Å²) in [7, 11) is 0. The minimum absolute atomic E-state index is 0.377. The van der Waals surface area contributed by atoms with E-state index in [0.29, 0.717) is 28.0 Å². The zero-order chi connectivity index (χ0) is 14.1. The number of halogens is 2. The van der Waals surface area contributed by atoms with Crippen LogP contribution in [0.15, 0.2) is 45.7 Å². The predicted octanol–water partition coefficient (Wildman–Crippen LogP) is 3.80. The van der Waals surface area contributed by atoms with Crippen LogP contribution in [0.4, 0.5) is 5.69 Å². The number of anilines is 1. The second kappa shape index (κ2) is 5.22. The zero-order valence-corrected chi connectivity index (χ0v) is 12.4. The second-order valence-corrected chi connectivity index (χ2v) is 5.37. The Labute approximate surface area is 127 Å². The van der Waals surface area contributed by atoms with E-state index >= 15 is 0 Å². The van der Waals surface area contributed by atoms with E-state index in [0.717, 1.165) is 10.0 Å². The van der Waals surface area contributed by atoms with Gasteiger partial charge < -0.3 is 10.3 Å². The van der Waals surface area contributed by atoms with Crippen LogP contribution in [0.1, 0.15) is 0 Å². The predicted molar refractivity (Wildman–Crippen MR) is 80.1 cm³/mol. The van der Waals surface area contributed by atoms with E-state index in [2.05, 4.69) is 31.1 Å². The van der Waals surface area contributed by atoms with Gasteiger partial charge in [-0.1, -0.05) is 16.8 Å². The highest BCUT2D eigenvalue weighted by Crippen LogP contribution is 2.27. The molecule has 0 unspecified atom stereocenters. The summed E-state index contributed by atoms with van der Waals surface area (Å²) in [6.07, 6.45) is 3.35. The van der Waals surface area contributed by atoms with Gasteiger partial charge in [0.1, 0.15) is 0 Å². The number of hydrogen-bond donors (Lipinski definition) is 1. The molecule has 0 saturated carbocycles. The molecule has 3 aromatic rings. The van der Waals surface area contributed by atoms with E-state index < -0.39 is 0 Å². The van der Waals surface area contributed by atoms with Crippen LogP contribution in [-0.2, 0) is 0 Å². The van der Waals surface area contributed by atoms with Crippen molar-refractivity contribution in [2.24, 2.45) is 0 Å². The first-order valence-corrected chi connectivity index (χ1v) is 6.80. The van der Waals surface area contributed by atoms with E-state index in [4.69, 9.17) is 21.9 Å². The Morgan fingerprint density at radius 3 is 2.75 bits per heavy atom. The smallest absolute Gasteiger partial charge is 0.258 e. The van der Waals surface area contributed by atoms with Crippen molar-refractivity contribution in [2.45, 2.75) is 0 Å². The monoisotopic (exact) mass is 350 g/mol. The fraction of sp³-hybridized carbons (Fsp3) is 0. The summed E-state index contributed by atoms with van der Waals surface area (Å²) in [5, 5.41) is 4.39. The Kier molecular flexibility index (Phi) is 3.42. The number of nitrogen functional groups attached to an aromatic ring is 1. The number of nitrogens with zero attached hydrogens (tertiary/aromatic N) is 3. The Balaban J connectivity index is 1.99. The maximum Gasteiger partial charge on any atom is 0.258 e. The lowest BCUT2D eigenvalue weighted by Crippen LogP contribution is -1.87. The Morgan fingerprint density at radius 1 is 1.15 bits per heavy atom. The molecular weight excluding hydrogens is 344 g/mol. The van der Waals surface area contributed by atoms with Crippen molar-refractivity contribution in [1.29, 1.82) is 0 Å². The molecule has 7 heteroatoms. The van der Waals surface area contributed by atoms with Crippen molar-refractivity contribution in [3.8, 4) is 22.8 Å². The number of pyridine rings is 1. The first kappa shape index (κ1) is 13.1. The Bertz CT molecular complexity index is 775. The maximum absolute atomic E-state index is 5.98. The van der Waals surface area contributed by atoms with Gasteiger partial charge in [0, 0.05) is 28.0 Å². The van der Waals surface area contributed by atoms with Gasteiger partial charge in [0.05, 0.1) is 10.7 Å². The molecule has 0 bridgehead atoms. The van der Waals surface area contributed by atoms with Crippen molar-refractivity contribution in [3.05, 3.63) is 46.2 Å². The van der Waals surface area contributed by atoms with Crippen LogP contribution in [0.3, 0.4) is 0 Å². The lowest BCUT2D eigenvalue weighted by molar-refractivity contribution is 0.432. The van der Waals surface area contributed by atoms with Gasteiger partial charge in [-0.3, -0.25) is 4.98 Å². The highest BCUT2D eigenvalue weighted by Gasteiger charge is 2.12. The quantitative estimate of drug-likeness (QED) is 0.711. The van der Waals surface area contributed by atoms with E-state index in [-0.39, 0.29) is 0 Å². The van der Waals surface area contributed by atoms with Gasteiger partial charge >= 0.3 is 0 Å². The summed E-state index contributed by atoms with van der Waals surface area (Å²) >= 11 is 9.33. The topological polar surface area (TPSA) is 77.8 Å². The molecule has 0 amide bonds. The van der Waals surface area contributed by atoms with Crippen molar-refractivity contribution < 1.29 is 4.52 Å². The van der Waals surface area contributed by atoms with Gasteiger partial charge in [-0.2, -0.15) is 4.98 Å². The molecule has 0 aliphatic heterocycles. The third-order valence-electron chi connectivity index (χ3n) is 2.64. The maximum atomic E-state index is 5.98. The van der Waals surface area contributed by atoms with Crippen LogP contribution in [0.5, 0.6) is 0 Å². The molecule has 20 heavy (non-hydrogen) atoms. The van der Waals surface area contributed by atoms with Crippen molar-refractivity contribution >= 4 is 33.2 Å². The highest BCUT2D eigenvalue weighted by molar-refractivity contribution is 9.10. The van der Waals surface area contributed by atoms with Gasteiger partial charge in [-0.15, -0.1) is 0 Å². The van der Waals surface area contributed by atoms with Gasteiger partial charge in [0.15, 0.2) is 0 Å². The lowest BCUT2D eigenvalue weighted by Gasteiger charge is -1.98. The minimum atomic E-state index is 0.377. The molecular formula is C13H8BrClN4O. The van der Waals surface area contributed by atoms with Crippen LogP contribution >= 0.6 is 27.5 Å². The second-order valence-electron chi connectivity index (χ2n) is 4.05. The summed E-state index contributed by atoms with van der Waals surface area (Å²) < 4.78 is 6.08. The van der Waals surface area contributed by atoms with Crippen LogP contribution in [-0.4, -0.2) is 15.1 Å². The number of nitrogens with two attached hydrogens (primary N) is 1. The average Bonchev–Trinajstić information content (AvgIpc) is 2.92. The molecule has 2 heterocycles. The van der Waals surface area contributed by atoms with Crippen LogP contribution in [0.2, 0.25) is 5.02 Å². The van der Waals surface area contributed by atoms with E-state index in [9.17, 15) is 0 Å². The molecule has 100 valence electrons. The molecule has 0 radical (unpaired) electrons. The summed E-state index contributed by atoms with van der Waals surface area (Å²) in [5.74, 6) is 0.837. The van der Waals surface area contributed by atoms with Gasteiger partial charge in [0.2, 0.25) is 5.82 Å². The first-order valence-electron chi connectivity index (χ1n) is 5.63. The standard InChI is InChI=1S/C13H8BrClN4O/c14-9-3-8(5-17-6-9)12-18-13(20-19-12)7-1-2-11(16)10(15)4-7/h1-6H,16H2. The third-order valence-corrected chi connectivity index (χ3v) is 3.40. The molecule has 0 aliphatic rings. The number of benzene rings is 1. The molecule has 0 atom stereocenters. The van der Waals surface area contributed by atoms with Gasteiger partial charge in [-0.25, -0.2) is 0 Å². The zero-order valence-electron chi connectivity index (χ0n) is 10.0. The minimum Gasteiger partial charge on any atom is -0.398 e. The SMILES string of the molecule is Nc1ccc(-c2nc(-c3cncc(Br)c3)no2)cc1Cl. The van der Waals surface area contributed by atoms with Crippen molar-refractivity contribution in [3.63, 3.8) is 0 Å². The number of hydrogen-bond acceptors (Lipinski definition) is 5. The summed E-state index contributed by atoms with van der Waals surface area (Å²) in [6.45, 7) is 0. The number of aromatic nitrogens is 3. The first-order chi connectivity index (χ1) is 9.63. The van der Waals surface area contributed by atoms with E-state index in [1.807, 2.05) is 6.07 Å². The Morgan fingerprint density at radius 2 is 2.00 bits per heavy atom. The average molecular weight is 352 g/mol. The Hall–Kier alpha value is -1.92. The molecule has 2 aromatic heterocycles. The molecule has 0 fully saturated rings. The van der Waals surface area contributed by atoms with Crippen LogP contribution in [0, 0.1) is 0 Å². The third kappa shape index (κ3) is 2.52. The normalized spacial score (nSPS) is 10.7. The summed E-state index contributed by atoms with van der Waals surface area (Å²) in [5.41, 5.74) is 7.65. The van der Waals surface area contributed by atoms with E-state index in [1.54, 1.807) is 30.6 Å². The molecule has 0 saturated heterocycles. The lowest BCUT2D eigenvalue weighted by atomic mass is 10.2. The van der Waals surface area contributed by atoms with E-state index in [1.165, 1.54) is 0 Å². The largest absolute Gasteiger partial charge is 0.398 e. The molecule has 2 N–H and O–H groups in total. The van der Waals surface area contributed by atoms with Gasteiger partial charge in [0.25, 0.3) is 5.89 Å². The molecule has 5 nitrogen and oxygen atoms in total. The summed E-state index contributed by atoms with van der Waals surface area (Å²) in [6, 6.07) is 7.02. The molecule has 3 rings (SSSR count). The number of rotatable bonds is 2. The fourth-order valence-corrected chi connectivity index (χ4v) is 2.20. The molecule has 0 aliphatic carbocycles. The molecule has 1 aromatic carbocycles. The highest BCUT2D eigenvalue weighted by atomic mass is 79.9. The fourth-order valence-electron chi connectivity index (χ4n) is 1.65.